The van der Waals surface area contributed by atoms with E-state index in [-0.39, 0.29) is 17.2 Å². The van der Waals surface area contributed by atoms with Crippen LogP contribution in [0.5, 0.6) is 0 Å². The Labute approximate surface area is 168 Å². The second-order valence-corrected chi connectivity index (χ2v) is 9.11. The highest BCUT2D eigenvalue weighted by Crippen LogP contribution is 2.30. The Balaban J connectivity index is 2.53. The number of pyridine rings is 1. The van der Waals surface area contributed by atoms with Crippen LogP contribution in [0.25, 0.3) is 0 Å². The van der Waals surface area contributed by atoms with E-state index in [4.69, 9.17) is 0 Å². The minimum atomic E-state index is -0.800. The Morgan fingerprint density at radius 2 is 1.61 bits per heavy atom. The average molecular weight is 382 g/mol. The van der Waals surface area contributed by atoms with Gasteiger partial charge in [-0.2, -0.15) is 0 Å². The molecule has 1 aromatic heterocycles. The molecule has 1 aromatic carbocycles. The van der Waals surface area contributed by atoms with Gasteiger partial charge >= 0.3 is 0 Å². The lowest BCUT2D eigenvalue weighted by Gasteiger charge is -2.33. The minimum absolute atomic E-state index is 0.00590. The van der Waals surface area contributed by atoms with Gasteiger partial charge in [-0.3, -0.25) is 19.5 Å². The summed E-state index contributed by atoms with van der Waals surface area (Å²) in [5.74, 6) is -0.447. The van der Waals surface area contributed by atoms with Crippen LogP contribution < -0.4 is 10.2 Å². The summed E-state index contributed by atoms with van der Waals surface area (Å²) in [6, 6.07) is 10.6. The van der Waals surface area contributed by atoms with Gasteiger partial charge in [-0.1, -0.05) is 39.0 Å². The van der Waals surface area contributed by atoms with Crippen LogP contribution in [0.3, 0.4) is 0 Å². The molecular weight excluding hydrogens is 350 g/mol. The van der Waals surface area contributed by atoms with Crippen LogP contribution in [0.4, 0.5) is 5.69 Å². The molecule has 5 nitrogen and oxygen atoms in total. The molecule has 5 heteroatoms. The predicted molar refractivity (Wildman–Crippen MR) is 113 cm³/mol. The molecule has 1 atom stereocenters. The quantitative estimate of drug-likeness (QED) is 0.854. The molecule has 0 aliphatic carbocycles. The summed E-state index contributed by atoms with van der Waals surface area (Å²) in [5, 5.41) is 3.00. The molecule has 0 aliphatic heterocycles. The third-order valence-electron chi connectivity index (χ3n) is 4.36. The van der Waals surface area contributed by atoms with Gasteiger partial charge in [-0.25, -0.2) is 0 Å². The van der Waals surface area contributed by atoms with E-state index >= 15 is 0 Å². The fourth-order valence-electron chi connectivity index (χ4n) is 3.03. The standard InChI is InChI=1S/C23H31N3O2/c1-16(27)26(19-12-10-18(11-13-19)22(2,3)4)20(17-9-8-14-24-15-17)21(28)25-23(5,6)7/h8-15,20H,1-7H3,(H,25,28). The number of nitrogens with zero attached hydrogens (tertiary/aromatic N) is 2. The number of hydrogen-bond donors (Lipinski definition) is 1. The molecule has 0 saturated heterocycles. The molecule has 0 spiro atoms. The van der Waals surface area contributed by atoms with Crippen LogP contribution >= 0.6 is 0 Å². The molecule has 2 aromatic rings. The molecule has 0 fully saturated rings. The number of anilines is 1. The first-order chi connectivity index (χ1) is 12.9. The van der Waals surface area contributed by atoms with Gasteiger partial charge in [0, 0.05) is 36.1 Å². The smallest absolute Gasteiger partial charge is 0.248 e. The summed E-state index contributed by atoms with van der Waals surface area (Å²) in [4.78, 5) is 31.5. The van der Waals surface area contributed by atoms with E-state index in [9.17, 15) is 9.59 Å². The van der Waals surface area contributed by atoms with E-state index in [1.165, 1.54) is 11.8 Å². The third-order valence-corrected chi connectivity index (χ3v) is 4.36. The number of amides is 2. The van der Waals surface area contributed by atoms with Crippen LogP contribution in [0.2, 0.25) is 0 Å². The summed E-state index contributed by atoms with van der Waals surface area (Å²) < 4.78 is 0. The fraction of sp³-hybridized carbons (Fsp3) is 0.435. The first-order valence-electron chi connectivity index (χ1n) is 9.52. The maximum Gasteiger partial charge on any atom is 0.248 e. The van der Waals surface area contributed by atoms with Gasteiger partial charge in [0.25, 0.3) is 0 Å². The van der Waals surface area contributed by atoms with Crippen molar-refractivity contribution in [2.45, 2.75) is 65.5 Å². The van der Waals surface area contributed by atoms with E-state index in [2.05, 4.69) is 31.1 Å². The molecule has 28 heavy (non-hydrogen) atoms. The van der Waals surface area contributed by atoms with Crippen LogP contribution in [-0.2, 0) is 15.0 Å². The molecule has 0 radical (unpaired) electrons. The summed E-state index contributed by atoms with van der Waals surface area (Å²) in [6.07, 6.45) is 3.28. The summed E-state index contributed by atoms with van der Waals surface area (Å²) >= 11 is 0. The molecule has 0 saturated carbocycles. The van der Waals surface area contributed by atoms with Crippen molar-refractivity contribution >= 4 is 17.5 Å². The Bertz CT molecular complexity index is 816. The number of aromatic nitrogens is 1. The van der Waals surface area contributed by atoms with Gasteiger partial charge in [-0.15, -0.1) is 0 Å². The number of carbonyl (C=O) groups excluding carboxylic acids is 2. The SMILES string of the molecule is CC(=O)N(c1ccc(C(C)(C)C)cc1)C(C(=O)NC(C)(C)C)c1cccnc1. The third kappa shape index (κ3) is 5.41. The average Bonchev–Trinajstić information content (AvgIpc) is 2.57. The molecule has 2 rings (SSSR count). The highest BCUT2D eigenvalue weighted by molar-refractivity contribution is 6.00. The largest absolute Gasteiger partial charge is 0.349 e. The molecule has 1 unspecified atom stereocenters. The monoisotopic (exact) mass is 381 g/mol. The lowest BCUT2D eigenvalue weighted by atomic mass is 9.87. The Kier molecular flexibility index (Phi) is 6.27. The van der Waals surface area contributed by atoms with E-state index < -0.39 is 11.6 Å². The van der Waals surface area contributed by atoms with Gasteiger partial charge in [0.05, 0.1) is 0 Å². The lowest BCUT2D eigenvalue weighted by Crippen LogP contribution is -2.49. The van der Waals surface area contributed by atoms with Crippen molar-refractivity contribution in [1.82, 2.24) is 10.3 Å². The Morgan fingerprint density at radius 1 is 1.00 bits per heavy atom. The van der Waals surface area contributed by atoms with Crippen molar-refractivity contribution in [2.24, 2.45) is 0 Å². The maximum absolute atomic E-state index is 13.2. The number of hydrogen-bond acceptors (Lipinski definition) is 3. The summed E-state index contributed by atoms with van der Waals surface area (Å²) in [7, 11) is 0. The molecule has 150 valence electrons. The minimum Gasteiger partial charge on any atom is -0.349 e. The van der Waals surface area contributed by atoms with Gasteiger partial charge in [0.2, 0.25) is 11.8 Å². The second kappa shape index (κ2) is 8.13. The first kappa shape index (κ1) is 21.6. The zero-order valence-corrected chi connectivity index (χ0v) is 17.9. The zero-order chi connectivity index (χ0) is 21.1. The Morgan fingerprint density at radius 3 is 2.04 bits per heavy atom. The van der Waals surface area contributed by atoms with Crippen LogP contribution in [0.1, 0.15) is 65.6 Å². The fourth-order valence-corrected chi connectivity index (χ4v) is 3.03. The number of nitrogens with one attached hydrogen (secondary N) is 1. The second-order valence-electron chi connectivity index (χ2n) is 9.11. The lowest BCUT2D eigenvalue weighted by molar-refractivity contribution is -0.127. The van der Waals surface area contributed by atoms with Gasteiger partial charge in [-0.05, 0) is 49.9 Å². The molecule has 0 aliphatic rings. The topological polar surface area (TPSA) is 62.3 Å². The highest BCUT2D eigenvalue weighted by Gasteiger charge is 2.33. The van der Waals surface area contributed by atoms with Crippen molar-refractivity contribution in [1.29, 1.82) is 0 Å². The van der Waals surface area contributed by atoms with Crippen LogP contribution in [0, 0.1) is 0 Å². The van der Waals surface area contributed by atoms with E-state index in [0.29, 0.717) is 11.3 Å². The molecule has 0 bridgehead atoms. The number of carbonyl (C=O) groups is 2. The Hall–Kier alpha value is -2.69. The maximum atomic E-state index is 13.2. The van der Waals surface area contributed by atoms with Crippen molar-refractivity contribution < 1.29 is 9.59 Å². The van der Waals surface area contributed by atoms with Crippen molar-refractivity contribution in [2.75, 3.05) is 4.90 Å². The molecule has 1 heterocycles. The number of rotatable bonds is 4. The zero-order valence-electron chi connectivity index (χ0n) is 17.9. The molecule has 1 N–H and O–H groups in total. The van der Waals surface area contributed by atoms with Gasteiger partial charge < -0.3 is 5.32 Å². The van der Waals surface area contributed by atoms with Crippen molar-refractivity contribution in [3.63, 3.8) is 0 Å². The summed E-state index contributed by atoms with van der Waals surface area (Å²) in [5.41, 5.74) is 2.09. The number of benzene rings is 1. The first-order valence-corrected chi connectivity index (χ1v) is 9.52. The molecular formula is C23H31N3O2. The van der Waals surface area contributed by atoms with Gasteiger partial charge in [0.1, 0.15) is 6.04 Å². The van der Waals surface area contributed by atoms with Crippen molar-refractivity contribution in [3.8, 4) is 0 Å². The van der Waals surface area contributed by atoms with E-state index in [0.717, 1.165) is 5.56 Å². The van der Waals surface area contributed by atoms with Crippen LogP contribution in [-0.4, -0.2) is 22.3 Å². The predicted octanol–water partition coefficient (Wildman–Crippen LogP) is 4.39. The normalized spacial score (nSPS) is 13.0. The molecule has 2 amide bonds. The van der Waals surface area contributed by atoms with E-state index in [1.807, 2.05) is 51.1 Å². The van der Waals surface area contributed by atoms with Gasteiger partial charge in [0.15, 0.2) is 0 Å². The van der Waals surface area contributed by atoms with Crippen LogP contribution in [0.15, 0.2) is 48.8 Å². The summed E-state index contributed by atoms with van der Waals surface area (Å²) in [6.45, 7) is 13.6. The van der Waals surface area contributed by atoms with Crippen molar-refractivity contribution in [3.05, 3.63) is 59.9 Å². The van der Waals surface area contributed by atoms with E-state index in [1.54, 1.807) is 18.5 Å². The highest BCUT2D eigenvalue weighted by atomic mass is 16.2.